The van der Waals surface area contributed by atoms with Crippen LogP contribution in [0.25, 0.3) is 0 Å². The Morgan fingerprint density at radius 2 is 1.32 bits per heavy atom. The molecule has 2 aromatic rings. The van der Waals surface area contributed by atoms with Gasteiger partial charge in [0.25, 0.3) is 0 Å². The standard InChI is InChI=1S/C31H32BrNO4/c1-30(2)13-22-27(24(34)15-30)26(19-9-11-21(32)12-10-19)28-23(14-31(3,4)16-25(28)35)33(22)17-18-5-7-20(8-6-18)29(36)37/h5-12,26H,13-17H2,1-4H3,(H,36,37). The Balaban J connectivity index is 1.72. The monoisotopic (exact) mass is 561 g/mol. The zero-order valence-electron chi connectivity index (χ0n) is 21.7. The molecule has 0 atom stereocenters. The number of carbonyl (C=O) groups is 3. The molecule has 0 saturated carbocycles. The Morgan fingerprint density at radius 3 is 1.78 bits per heavy atom. The zero-order chi connectivity index (χ0) is 26.7. The van der Waals surface area contributed by atoms with Crippen molar-refractivity contribution in [2.45, 2.75) is 65.8 Å². The first kappa shape index (κ1) is 25.7. The number of carboxylic acids is 1. The SMILES string of the molecule is CC1(C)CC(=O)C2=C(C1)N(Cc1ccc(C(=O)O)cc1)C1=C(C(=O)CC(C)(C)C1)C2c1ccc(Br)cc1. The molecule has 1 aliphatic heterocycles. The molecule has 0 bridgehead atoms. The topological polar surface area (TPSA) is 74.7 Å². The lowest BCUT2D eigenvalue weighted by molar-refractivity contribution is -0.119. The Kier molecular flexibility index (Phi) is 6.30. The number of hydrogen-bond acceptors (Lipinski definition) is 4. The van der Waals surface area contributed by atoms with Gasteiger partial charge in [-0.25, -0.2) is 4.79 Å². The van der Waals surface area contributed by atoms with E-state index in [1.807, 2.05) is 36.4 Å². The lowest BCUT2D eigenvalue weighted by atomic mass is 9.63. The van der Waals surface area contributed by atoms with Gasteiger partial charge in [-0.05, 0) is 59.1 Å². The van der Waals surface area contributed by atoms with Gasteiger partial charge in [-0.1, -0.05) is 67.9 Å². The first-order valence-electron chi connectivity index (χ1n) is 12.7. The van der Waals surface area contributed by atoms with Gasteiger partial charge in [-0.2, -0.15) is 0 Å². The summed E-state index contributed by atoms with van der Waals surface area (Å²) in [5, 5.41) is 9.33. The second kappa shape index (κ2) is 9.09. The largest absolute Gasteiger partial charge is 0.478 e. The van der Waals surface area contributed by atoms with E-state index in [2.05, 4.69) is 48.5 Å². The maximum Gasteiger partial charge on any atom is 0.335 e. The van der Waals surface area contributed by atoms with Crippen molar-refractivity contribution in [2.75, 3.05) is 0 Å². The summed E-state index contributed by atoms with van der Waals surface area (Å²) < 4.78 is 0.953. The Hall–Kier alpha value is -2.99. The molecule has 0 spiro atoms. The highest BCUT2D eigenvalue weighted by Crippen LogP contribution is 2.54. The minimum Gasteiger partial charge on any atom is -0.478 e. The van der Waals surface area contributed by atoms with Crippen LogP contribution >= 0.6 is 15.9 Å². The molecule has 3 aliphatic rings. The minimum absolute atomic E-state index is 0.106. The van der Waals surface area contributed by atoms with Crippen molar-refractivity contribution in [3.63, 3.8) is 0 Å². The maximum atomic E-state index is 13.8. The van der Waals surface area contributed by atoms with E-state index in [-0.39, 0.29) is 33.9 Å². The molecule has 5 nitrogen and oxygen atoms in total. The van der Waals surface area contributed by atoms with Crippen LogP contribution in [0.3, 0.4) is 0 Å². The minimum atomic E-state index is -0.962. The van der Waals surface area contributed by atoms with E-state index in [4.69, 9.17) is 0 Å². The van der Waals surface area contributed by atoms with Crippen LogP contribution in [0.1, 0.15) is 80.8 Å². The van der Waals surface area contributed by atoms with E-state index < -0.39 is 5.97 Å². The van der Waals surface area contributed by atoms with Crippen molar-refractivity contribution < 1.29 is 19.5 Å². The normalized spacial score (nSPS) is 21.2. The van der Waals surface area contributed by atoms with Crippen LogP contribution in [0.2, 0.25) is 0 Å². The van der Waals surface area contributed by atoms with E-state index in [9.17, 15) is 19.5 Å². The summed E-state index contributed by atoms with van der Waals surface area (Å²) in [5.74, 6) is -1.11. The predicted molar refractivity (Wildman–Crippen MR) is 146 cm³/mol. The first-order valence-corrected chi connectivity index (χ1v) is 13.5. The molecular formula is C31H32BrNO4. The van der Waals surface area contributed by atoms with Crippen LogP contribution in [0.4, 0.5) is 0 Å². The fourth-order valence-electron chi connectivity index (χ4n) is 6.16. The van der Waals surface area contributed by atoms with Gasteiger partial charge < -0.3 is 10.0 Å². The molecular weight excluding hydrogens is 530 g/mol. The summed E-state index contributed by atoms with van der Waals surface area (Å²) in [6.45, 7) is 9.00. The van der Waals surface area contributed by atoms with Crippen molar-refractivity contribution >= 4 is 33.5 Å². The number of carboxylic acid groups (broad SMARTS) is 1. The number of hydrogen-bond donors (Lipinski definition) is 1. The first-order chi connectivity index (χ1) is 17.3. The van der Waals surface area contributed by atoms with Crippen molar-refractivity contribution in [1.29, 1.82) is 0 Å². The molecule has 0 radical (unpaired) electrons. The number of carbonyl (C=O) groups excluding carboxylic acids is 2. The third-order valence-corrected chi connectivity index (χ3v) is 8.30. The van der Waals surface area contributed by atoms with Gasteiger partial charge in [0.2, 0.25) is 0 Å². The summed E-state index contributed by atoms with van der Waals surface area (Å²) in [7, 11) is 0. The summed E-state index contributed by atoms with van der Waals surface area (Å²) in [4.78, 5) is 41.3. The molecule has 0 fully saturated rings. The molecule has 1 N–H and O–H groups in total. The summed E-state index contributed by atoms with van der Waals surface area (Å²) in [6, 6.07) is 14.9. The summed E-state index contributed by atoms with van der Waals surface area (Å²) >= 11 is 3.52. The molecule has 0 aromatic heterocycles. The lowest BCUT2D eigenvalue weighted by Crippen LogP contribution is -2.44. The summed E-state index contributed by atoms with van der Waals surface area (Å²) in [6.07, 6.45) is 2.37. The number of allylic oxidation sites excluding steroid dienone is 4. The summed E-state index contributed by atoms with van der Waals surface area (Å²) in [5.41, 5.74) is 5.25. The molecule has 2 aromatic carbocycles. The van der Waals surface area contributed by atoms with Gasteiger partial charge in [0.15, 0.2) is 11.6 Å². The van der Waals surface area contributed by atoms with Crippen LogP contribution in [0, 0.1) is 10.8 Å². The fourth-order valence-corrected chi connectivity index (χ4v) is 6.43. The third-order valence-electron chi connectivity index (χ3n) is 7.77. The number of rotatable bonds is 4. The van der Waals surface area contributed by atoms with Crippen molar-refractivity contribution in [2.24, 2.45) is 10.8 Å². The third kappa shape index (κ3) is 4.84. The molecule has 0 saturated heterocycles. The zero-order valence-corrected chi connectivity index (χ0v) is 23.3. The molecule has 37 heavy (non-hydrogen) atoms. The van der Waals surface area contributed by atoms with Gasteiger partial charge in [0.05, 0.1) is 5.56 Å². The van der Waals surface area contributed by atoms with Crippen LogP contribution in [-0.4, -0.2) is 27.5 Å². The molecule has 0 unspecified atom stereocenters. The smallest absolute Gasteiger partial charge is 0.335 e. The van der Waals surface area contributed by atoms with E-state index >= 15 is 0 Å². The van der Waals surface area contributed by atoms with Crippen molar-refractivity contribution in [3.05, 3.63) is 92.2 Å². The molecule has 6 heteroatoms. The Morgan fingerprint density at radius 1 is 0.838 bits per heavy atom. The van der Waals surface area contributed by atoms with Gasteiger partial charge in [-0.3, -0.25) is 9.59 Å². The van der Waals surface area contributed by atoms with Crippen molar-refractivity contribution in [1.82, 2.24) is 4.90 Å². The second-order valence-electron chi connectivity index (χ2n) is 12.2. The quantitative estimate of drug-likeness (QED) is 0.433. The van der Waals surface area contributed by atoms with Crippen molar-refractivity contribution in [3.8, 4) is 0 Å². The van der Waals surface area contributed by atoms with Crippen LogP contribution in [0.15, 0.2) is 75.5 Å². The molecule has 2 aliphatic carbocycles. The lowest BCUT2D eigenvalue weighted by Gasteiger charge is -2.49. The highest BCUT2D eigenvalue weighted by atomic mass is 79.9. The van der Waals surface area contributed by atoms with Gasteiger partial charge in [-0.15, -0.1) is 0 Å². The highest BCUT2D eigenvalue weighted by Gasteiger charge is 2.48. The number of ketones is 2. The Bertz CT molecular complexity index is 1310. The van der Waals surface area contributed by atoms with E-state index in [0.29, 0.717) is 19.4 Å². The van der Waals surface area contributed by atoms with Gasteiger partial charge in [0, 0.05) is 52.3 Å². The number of aromatic carboxylic acids is 1. The highest BCUT2D eigenvalue weighted by molar-refractivity contribution is 9.10. The molecule has 192 valence electrons. The van der Waals surface area contributed by atoms with Crippen LogP contribution < -0.4 is 0 Å². The van der Waals surface area contributed by atoms with E-state index in [1.54, 1.807) is 12.1 Å². The second-order valence-corrected chi connectivity index (χ2v) is 13.1. The number of halogens is 1. The molecule has 5 rings (SSSR count). The number of benzene rings is 2. The average molecular weight is 563 g/mol. The average Bonchev–Trinajstić information content (AvgIpc) is 2.79. The van der Waals surface area contributed by atoms with E-state index in [1.165, 1.54) is 0 Å². The van der Waals surface area contributed by atoms with Gasteiger partial charge >= 0.3 is 5.97 Å². The number of nitrogens with zero attached hydrogens (tertiary/aromatic N) is 1. The van der Waals surface area contributed by atoms with E-state index in [0.717, 1.165) is 51.0 Å². The molecule has 0 amide bonds. The fraction of sp³-hybridized carbons (Fsp3) is 0.387. The molecule has 1 heterocycles. The Labute approximate surface area is 226 Å². The number of Topliss-reactive ketones (excluding diaryl/α,β-unsaturated/α-hetero) is 2. The maximum absolute atomic E-state index is 13.8. The van der Waals surface area contributed by atoms with Crippen LogP contribution in [-0.2, 0) is 16.1 Å². The predicted octanol–water partition coefficient (Wildman–Crippen LogP) is 7.03. The van der Waals surface area contributed by atoms with Crippen LogP contribution in [0.5, 0.6) is 0 Å². The van der Waals surface area contributed by atoms with Gasteiger partial charge in [0.1, 0.15) is 0 Å².